The van der Waals surface area contributed by atoms with Crippen LogP contribution in [0.15, 0.2) is 194 Å². The molecule has 0 N–H and O–H groups in total. The number of nitrogens with zero attached hydrogens (tertiary/aromatic N) is 2. The molecule has 9 aromatic carbocycles. The van der Waals surface area contributed by atoms with Gasteiger partial charge in [-0.05, 0) is 81.1 Å². The molecule has 56 heavy (non-hydrogen) atoms. The van der Waals surface area contributed by atoms with E-state index in [4.69, 9.17) is 4.74 Å². The summed E-state index contributed by atoms with van der Waals surface area (Å²) in [5.41, 5.74) is 13.4. The average molecular weight is 719 g/mol. The molecule has 0 saturated heterocycles. The first-order chi connectivity index (χ1) is 27.5. The Morgan fingerprint density at radius 1 is 0.464 bits per heavy atom. The molecule has 11 rings (SSSR count). The Morgan fingerprint density at radius 2 is 1.11 bits per heavy atom. The van der Waals surface area contributed by atoms with Gasteiger partial charge in [0.05, 0.1) is 22.7 Å². The van der Waals surface area contributed by atoms with E-state index in [1.54, 1.807) is 0 Å². The second kappa shape index (κ2) is 12.5. The van der Waals surface area contributed by atoms with Crippen LogP contribution >= 0.6 is 0 Å². The molecule has 3 heteroatoms. The van der Waals surface area contributed by atoms with Gasteiger partial charge < -0.3 is 14.5 Å². The zero-order valence-corrected chi connectivity index (χ0v) is 31.3. The third-order valence-electron chi connectivity index (χ3n) is 11.8. The number of benzene rings is 9. The van der Waals surface area contributed by atoms with Crippen LogP contribution in [0, 0.1) is 0 Å². The van der Waals surface area contributed by atoms with Crippen molar-refractivity contribution in [1.82, 2.24) is 0 Å². The van der Waals surface area contributed by atoms with Crippen LogP contribution in [-0.4, -0.2) is 0 Å². The van der Waals surface area contributed by atoms with Crippen molar-refractivity contribution < 1.29 is 4.74 Å². The molecule has 0 saturated carbocycles. The standard InChI is InChI=1S/C53H38N2O/c1-53(2)45-30-29-44(37-17-7-4-8-18-37)52-51(45)55(50-43-25-12-10-20-38(43)27-32-49(50)56-52)48-31-28-41(34-46(48)53)54(47-26-14-21-36-19-9-11-24-42(36)47)40-23-13-22-39(33-40)35-15-5-3-6-16-35/h3-34H,1-2H3. The molecule has 0 atom stereocenters. The first kappa shape index (κ1) is 32.3. The van der Waals surface area contributed by atoms with Crippen molar-refractivity contribution in [2.45, 2.75) is 19.3 Å². The fraction of sp³-hybridized carbons (Fsp3) is 0.0566. The number of hydrogen-bond acceptors (Lipinski definition) is 3. The van der Waals surface area contributed by atoms with Gasteiger partial charge in [-0.3, -0.25) is 0 Å². The molecule has 0 radical (unpaired) electrons. The van der Waals surface area contributed by atoms with Crippen molar-refractivity contribution in [3.05, 3.63) is 205 Å². The molecular formula is C53H38N2O. The van der Waals surface area contributed by atoms with Gasteiger partial charge in [0.2, 0.25) is 0 Å². The molecule has 0 aromatic heterocycles. The highest BCUT2D eigenvalue weighted by Gasteiger charge is 2.43. The fourth-order valence-corrected chi connectivity index (χ4v) is 9.05. The summed E-state index contributed by atoms with van der Waals surface area (Å²) in [6.07, 6.45) is 0. The molecule has 2 aliphatic rings. The summed E-state index contributed by atoms with van der Waals surface area (Å²) in [5, 5.41) is 4.76. The minimum absolute atomic E-state index is 0.358. The van der Waals surface area contributed by atoms with E-state index in [1.165, 1.54) is 38.4 Å². The van der Waals surface area contributed by atoms with E-state index in [0.717, 1.165) is 62.1 Å². The van der Waals surface area contributed by atoms with Crippen LogP contribution in [0.5, 0.6) is 11.5 Å². The van der Waals surface area contributed by atoms with Gasteiger partial charge in [0, 0.05) is 33.1 Å². The summed E-state index contributed by atoms with van der Waals surface area (Å²) >= 11 is 0. The highest BCUT2D eigenvalue weighted by atomic mass is 16.5. The lowest BCUT2D eigenvalue weighted by atomic mass is 9.72. The lowest BCUT2D eigenvalue weighted by molar-refractivity contribution is 0.474. The van der Waals surface area contributed by atoms with E-state index in [1.807, 2.05) is 0 Å². The van der Waals surface area contributed by atoms with E-state index in [2.05, 4.69) is 218 Å². The predicted molar refractivity (Wildman–Crippen MR) is 234 cm³/mol. The van der Waals surface area contributed by atoms with Gasteiger partial charge in [0.25, 0.3) is 0 Å². The molecule has 0 unspecified atom stereocenters. The smallest absolute Gasteiger partial charge is 0.159 e. The maximum atomic E-state index is 7.04. The van der Waals surface area contributed by atoms with Crippen molar-refractivity contribution in [1.29, 1.82) is 0 Å². The van der Waals surface area contributed by atoms with Crippen molar-refractivity contribution in [3.8, 4) is 33.8 Å². The molecule has 0 aliphatic carbocycles. The molecule has 0 fully saturated rings. The van der Waals surface area contributed by atoms with Crippen molar-refractivity contribution in [2.75, 3.05) is 9.80 Å². The molecule has 0 spiro atoms. The summed E-state index contributed by atoms with van der Waals surface area (Å²) in [7, 11) is 0. The predicted octanol–water partition coefficient (Wildman–Crippen LogP) is 15.0. The Bertz CT molecular complexity index is 2980. The second-order valence-electron chi connectivity index (χ2n) is 15.4. The van der Waals surface area contributed by atoms with E-state index in [0.29, 0.717) is 0 Å². The molecule has 0 bridgehead atoms. The van der Waals surface area contributed by atoms with Crippen molar-refractivity contribution in [3.63, 3.8) is 0 Å². The van der Waals surface area contributed by atoms with Gasteiger partial charge >= 0.3 is 0 Å². The fourth-order valence-electron chi connectivity index (χ4n) is 9.05. The first-order valence-electron chi connectivity index (χ1n) is 19.4. The van der Waals surface area contributed by atoms with Crippen LogP contribution in [-0.2, 0) is 5.41 Å². The molecule has 2 heterocycles. The number of ether oxygens (including phenoxy) is 1. The van der Waals surface area contributed by atoms with Crippen LogP contribution in [0.4, 0.5) is 34.1 Å². The Morgan fingerprint density at radius 3 is 1.91 bits per heavy atom. The SMILES string of the molecule is CC1(C)c2cc(N(c3cccc(-c4ccccc4)c3)c3cccc4ccccc34)ccc2N2c3c1ccc(-c1ccccc1)c3Oc1ccc3ccccc3c12. The number of anilines is 6. The zero-order valence-electron chi connectivity index (χ0n) is 31.3. The highest BCUT2D eigenvalue weighted by molar-refractivity contribution is 6.08. The minimum Gasteiger partial charge on any atom is -0.452 e. The molecule has 9 aromatic rings. The zero-order chi connectivity index (χ0) is 37.4. The summed E-state index contributed by atoms with van der Waals surface area (Å²) in [5.74, 6) is 1.75. The Hall–Kier alpha value is -7.10. The van der Waals surface area contributed by atoms with Gasteiger partial charge in [0.15, 0.2) is 11.5 Å². The average Bonchev–Trinajstić information content (AvgIpc) is 3.26. The van der Waals surface area contributed by atoms with Gasteiger partial charge in [-0.25, -0.2) is 0 Å². The van der Waals surface area contributed by atoms with E-state index in [-0.39, 0.29) is 5.41 Å². The molecular weight excluding hydrogens is 681 g/mol. The maximum absolute atomic E-state index is 7.04. The number of hydrogen-bond donors (Lipinski definition) is 0. The topological polar surface area (TPSA) is 15.7 Å². The van der Waals surface area contributed by atoms with Crippen LogP contribution in [0.2, 0.25) is 0 Å². The van der Waals surface area contributed by atoms with Gasteiger partial charge in [-0.2, -0.15) is 0 Å². The molecule has 0 amide bonds. The van der Waals surface area contributed by atoms with Crippen LogP contribution < -0.4 is 14.5 Å². The Kier molecular flexibility index (Phi) is 7.20. The Balaban J connectivity index is 1.17. The number of fused-ring (bicyclic) bond motifs is 7. The van der Waals surface area contributed by atoms with E-state index < -0.39 is 0 Å². The lowest BCUT2D eigenvalue weighted by Crippen LogP contribution is -2.33. The van der Waals surface area contributed by atoms with Gasteiger partial charge in [-0.15, -0.1) is 0 Å². The normalized spacial score (nSPS) is 13.4. The second-order valence-corrected chi connectivity index (χ2v) is 15.4. The van der Waals surface area contributed by atoms with E-state index in [9.17, 15) is 0 Å². The summed E-state index contributed by atoms with van der Waals surface area (Å²) in [6.45, 7) is 4.73. The van der Waals surface area contributed by atoms with Gasteiger partial charge in [0.1, 0.15) is 0 Å². The largest absolute Gasteiger partial charge is 0.452 e. The molecule has 266 valence electrons. The van der Waals surface area contributed by atoms with E-state index >= 15 is 0 Å². The molecule has 3 nitrogen and oxygen atoms in total. The summed E-state index contributed by atoms with van der Waals surface area (Å²) < 4.78 is 7.04. The van der Waals surface area contributed by atoms with Gasteiger partial charge in [-0.1, -0.05) is 166 Å². The molecule has 2 aliphatic heterocycles. The summed E-state index contributed by atoms with van der Waals surface area (Å²) in [6, 6.07) is 70.1. The van der Waals surface area contributed by atoms with Crippen LogP contribution in [0.3, 0.4) is 0 Å². The quantitative estimate of drug-likeness (QED) is 0.176. The minimum atomic E-state index is -0.358. The third kappa shape index (κ3) is 4.91. The van der Waals surface area contributed by atoms with Crippen molar-refractivity contribution in [2.24, 2.45) is 0 Å². The van der Waals surface area contributed by atoms with Crippen molar-refractivity contribution >= 4 is 55.7 Å². The monoisotopic (exact) mass is 718 g/mol. The number of rotatable bonds is 5. The lowest BCUT2D eigenvalue weighted by Gasteiger charge is -2.46. The maximum Gasteiger partial charge on any atom is 0.159 e. The van der Waals surface area contributed by atoms with Crippen LogP contribution in [0.25, 0.3) is 43.8 Å². The highest BCUT2D eigenvalue weighted by Crippen LogP contribution is 2.63. The Labute approximate surface area is 327 Å². The summed E-state index contributed by atoms with van der Waals surface area (Å²) in [4.78, 5) is 4.92. The first-order valence-corrected chi connectivity index (χ1v) is 19.4. The van der Waals surface area contributed by atoms with Crippen LogP contribution in [0.1, 0.15) is 25.0 Å². The third-order valence-corrected chi connectivity index (χ3v) is 11.8.